The lowest BCUT2D eigenvalue weighted by molar-refractivity contribution is 0.0949. The van der Waals surface area contributed by atoms with Gasteiger partial charge in [0.05, 0.1) is 0 Å². The van der Waals surface area contributed by atoms with E-state index in [1.165, 1.54) is 5.56 Å². The van der Waals surface area contributed by atoms with Crippen LogP contribution in [0.5, 0.6) is 0 Å². The Morgan fingerprint density at radius 2 is 1.92 bits per heavy atom. The summed E-state index contributed by atoms with van der Waals surface area (Å²) >= 11 is 0. The molecule has 132 valence electrons. The van der Waals surface area contributed by atoms with Crippen LogP contribution in [0.3, 0.4) is 0 Å². The number of aromatic nitrogens is 3. The molecule has 1 atom stereocenters. The van der Waals surface area contributed by atoms with Crippen LogP contribution < -0.4 is 4.90 Å². The molecule has 0 fully saturated rings. The summed E-state index contributed by atoms with van der Waals surface area (Å²) < 4.78 is 1.66. The fourth-order valence-corrected chi connectivity index (χ4v) is 3.96. The third-order valence-corrected chi connectivity index (χ3v) is 5.02. The average molecular weight is 346 g/mol. The second-order valence-corrected chi connectivity index (χ2v) is 7.45. The molecule has 0 aliphatic carbocycles. The molecular weight excluding hydrogens is 324 g/mol. The number of hydrogen-bond donors (Lipinski definition) is 0. The number of anilines is 1. The summed E-state index contributed by atoms with van der Waals surface area (Å²) in [6.45, 7) is 6.46. The fraction of sp³-hybridized carbons (Fsp3) is 0.286. The minimum absolute atomic E-state index is 0.0802. The first-order valence-corrected chi connectivity index (χ1v) is 8.88. The van der Waals surface area contributed by atoms with E-state index < -0.39 is 0 Å². The molecule has 4 rings (SSSR count). The average Bonchev–Trinajstić information content (AvgIpc) is 3.16. The normalized spacial score (nSPS) is 18.4. The van der Waals surface area contributed by atoms with E-state index in [2.05, 4.69) is 36.9 Å². The van der Waals surface area contributed by atoms with Crippen molar-refractivity contribution in [1.82, 2.24) is 14.8 Å². The van der Waals surface area contributed by atoms with Crippen molar-refractivity contribution in [3.63, 3.8) is 0 Å². The lowest BCUT2D eigenvalue weighted by Gasteiger charge is -2.45. The molecule has 1 amide bonds. The van der Waals surface area contributed by atoms with Crippen molar-refractivity contribution in [3.05, 3.63) is 72.2 Å². The maximum Gasteiger partial charge on any atom is 0.277 e. The highest BCUT2D eigenvalue weighted by atomic mass is 16.2. The van der Waals surface area contributed by atoms with Crippen molar-refractivity contribution in [3.8, 4) is 5.82 Å². The molecule has 5 nitrogen and oxygen atoms in total. The van der Waals surface area contributed by atoms with E-state index in [0.29, 0.717) is 17.4 Å². The third kappa shape index (κ3) is 2.69. The van der Waals surface area contributed by atoms with E-state index in [1.807, 2.05) is 47.5 Å². The minimum Gasteiger partial charge on any atom is -0.301 e. The molecular formula is C21H22N4O. The largest absolute Gasteiger partial charge is 0.301 e. The molecule has 1 aromatic carbocycles. The number of amides is 1. The van der Waals surface area contributed by atoms with Crippen LogP contribution in [0.2, 0.25) is 0 Å². The summed E-state index contributed by atoms with van der Waals surface area (Å²) in [4.78, 5) is 19.9. The number of rotatable bonds is 2. The highest BCUT2D eigenvalue weighted by molar-refractivity contribution is 6.06. The van der Waals surface area contributed by atoms with Crippen LogP contribution in [0.25, 0.3) is 5.82 Å². The molecule has 0 N–H and O–H groups in total. The van der Waals surface area contributed by atoms with Gasteiger partial charge in [0.15, 0.2) is 5.82 Å². The van der Waals surface area contributed by atoms with Crippen molar-refractivity contribution in [1.29, 1.82) is 0 Å². The van der Waals surface area contributed by atoms with Crippen LogP contribution in [0.15, 0.2) is 60.9 Å². The highest BCUT2D eigenvalue weighted by Gasteiger charge is 2.40. The van der Waals surface area contributed by atoms with Crippen LogP contribution in [0.1, 0.15) is 49.2 Å². The standard InChI is InChI=1S/C21H22N4O/c1-15-14-21(2,3)25(18-10-5-4-8-16(15)18)20(26)17-9-6-11-19(23-17)24-13-7-12-22-24/h4-13,15H,14H2,1-3H3/t15-/m0/s1. The number of fused-ring (bicyclic) bond motifs is 1. The second-order valence-electron chi connectivity index (χ2n) is 7.45. The Bertz CT molecular complexity index is 946. The second kappa shape index (κ2) is 6.09. The number of nitrogens with zero attached hydrogens (tertiary/aromatic N) is 4. The van der Waals surface area contributed by atoms with Gasteiger partial charge in [-0.2, -0.15) is 5.10 Å². The third-order valence-electron chi connectivity index (χ3n) is 5.02. The molecule has 5 heteroatoms. The van der Waals surface area contributed by atoms with Gasteiger partial charge < -0.3 is 4.90 Å². The zero-order valence-electron chi connectivity index (χ0n) is 15.3. The summed E-state index contributed by atoms with van der Waals surface area (Å²) in [6, 6.07) is 15.5. The first kappa shape index (κ1) is 16.5. The van der Waals surface area contributed by atoms with E-state index >= 15 is 0 Å². The van der Waals surface area contributed by atoms with Crippen molar-refractivity contribution < 1.29 is 4.79 Å². The topological polar surface area (TPSA) is 51.0 Å². The quantitative estimate of drug-likeness (QED) is 0.699. The Morgan fingerprint density at radius 3 is 2.69 bits per heavy atom. The summed E-state index contributed by atoms with van der Waals surface area (Å²) in [7, 11) is 0. The van der Waals surface area contributed by atoms with Crippen LogP contribution in [0, 0.1) is 0 Å². The predicted molar refractivity (Wildman–Crippen MR) is 102 cm³/mol. The molecule has 3 heterocycles. The van der Waals surface area contributed by atoms with Crippen LogP contribution in [-0.4, -0.2) is 26.2 Å². The lowest BCUT2D eigenvalue weighted by atomic mass is 9.80. The molecule has 0 spiro atoms. The van der Waals surface area contributed by atoms with Gasteiger partial charge in [0.1, 0.15) is 5.69 Å². The maximum absolute atomic E-state index is 13.4. The number of carbonyl (C=O) groups excluding carboxylic acids is 1. The van der Waals surface area contributed by atoms with Gasteiger partial charge in [-0.25, -0.2) is 9.67 Å². The maximum atomic E-state index is 13.4. The Morgan fingerprint density at radius 1 is 1.12 bits per heavy atom. The smallest absolute Gasteiger partial charge is 0.277 e. The lowest BCUT2D eigenvalue weighted by Crippen LogP contribution is -2.51. The Labute approximate surface area is 153 Å². The zero-order valence-corrected chi connectivity index (χ0v) is 15.3. The number of pyridine rings is 1. The molecule has 3 aromatic rings. The van der Waals surface area contributed by atoms with Crippen LogP contribution in [0.4, 0.5) is 5.69 Å². The molecule has 0 saturated carbocycles. The number of hydrogen-bond acceptors (Lipinski definition) is 3. The van der Waals surface area contributed by atoms with Gasteiger partial charge in [-0.05, 0) is 56.0 Å². The van der Waals surface area contributed by atoms with Crippen molar-refractivity contribution >= 4 is 11.6 Å². The summed E-state index contributed by atoms with van der Waals surface area (Å²) in [6.07, 6.45) is 4.43. The number of carbonyl (C=O) groups is 1. The Kier molecular flexibility index (Phi) is 3.87. The first-order valence-electron chi connectivity index (χ1n) is 8.88. The van der Waals surface area contributed by atoms with Gasteiger partial charge in [-0.15, -0.1) is 0 Å². The van der Waals surface area contributed by atoms with Crippen molar-refractivity contribution in [2.24, 2.45) is 0 Å². The predicted octanol–water partition coefficient (Wildman–Crippen LogP) is 4.20. The minimum atomic E-state index is -0.283. The van der Waals surface area contributed by atoms with E-state index in [4.69, 9.17) is 0 Å². The van der Waals surface area contributed by atoms with E-state index in [9.17, 15) is 4.79 Å². The molecule has 0 unspecified atom stereocenters. The van der Waals surface area contributed by atoms with Gasteiger partial charge in [0.2, 0.25) is 0 Å². The van der Waals surface area contributed by atoms with Gasteiger partial charge in [0, 0.05) is 23.6 Å². The van der Waals surface area contributed by atoms with E-state index in [1.54, 1.807) is 16.9 Å². The van der Waals surface area contributed by atoms with Crippen molar-refractivity contribution in [2.75, 3.05) is 4.90 Å². The number of benzene rings is 1. The van der Waals surface area contributed by atoms with Crippen LogP contribution in [-0.2, 0) is 0 Å². The molecule has 0 saturated heterocycles. The van der Waals surface area contributed by atoms with Crippen LogP contribution >= 0.6 is 0 Å². The highest BCUT2D eigenvalue weighted by Crippen LogP contribution is 2.43. The molecule has 1 aliphatic heterocycles. The monoisotopic (exact) mass is 346 g/mol. The van der Waals surface area contributed by atoms with Gasteiger partial charge >= 0.3 is 0 Å². The summed E-state index contributed by atoms with van der Waals surface area (Å²) in [5.41, 5.74) is 2.33. The van der Waals surface area contributed by atoms with Gasteiger partial charge in [-0.1, -0.05) is 31.2 Å². The first-order chi connectivity index (χ1) is 12.5. The SMILES string of the molecule is C[C@H]1CC(C)(C)N(C(=O)c2cccc(-n3cccn3)n2)c2ccccc21. The van der Waals surface area contributed by atoms with Crippen molar-refractivity contribution in [2.45, 2.75) is 38.6 Å². The fourth-order valence-electron chi connectivity index (χ4n) is 3.96. The van der Waals surface area contributed by atoms with Gasteiger partial charge in [-0.3, -0.25) is 4.79 Å². The Balaban J connectivity index is 1.78. The number of para-hydroxylation sites is 1. The molecule has 2 aromatic heterocycles. The molecule has 0 radical (unpaired) electrons. The zero-order chi connectivity index (χ0) is 18.3. The molecule has 0 bridgehead atoms. The summed E-state index contributed by atoms with van der Waals surface area (Å²) in [5.74, 6) is 0.967. The van der Waals surface area contributed by atoms with E-state index in [-0.39, 0.29) is 11.4 Å². The summed E-state index contributed by atoms with van der Waals surface area (Å²) in [5, 5.41) is 4.20. The van der Waals surface area contributed by atoms with E-state index in [0.717, 1.165) is 12.1 Å². The molecule has 26 heavy (non-hydrogen) atoms. The molecule has 1 aliphatic rings. The van der Waals surface area contributed by atoms with Gasteiger partial charge in [0.25, 0.3) is 5.91 Å². The Hall–Kier alpha value is -2.95.